The molecule has 6 nitrogen and oxygen atoms in total. The van der Waals surface area contributed by atoms with Crippen LogP contribution in [0.5, 0.6) is 0 Å². The zero-order valence-electron chi connectivity index (χ0n) is 16.6. The quantitative estimate of drug-likeness (QED) is 0.253. The minimum Gasteiger partial charge on any atom is -0.465 e. The SMILES string of the molecule is CCCCCCCOC(=O)C(O)C(C(C)=O)C(=O)OCCCCCCC. The van der Waals surface area contributed by atoms with Gasteiger partial charge in [0.1, 0.15) is 5.78 Å². The largest absolute Gasteiger partial charge is 0.465 e. The van der Waals surface area contributed by atoms with Crippen molar-refractivity contribution in [2.24, 2.45) is 5.92 Å². The number of ketones is 1. The second-order valence-corrected chi connectivity index (χ2v) is 6.70. The molecule has 0 saturated carbocycles. The number of hydrogen-bond donors (Lipinski definition) is 1. The fraction of sp³-hybridized carbons (Fsp3) is 0.850. The first-order chi connectivity index (χ1) is 12.5. The van der Waals surface area contributed by atoms with E-state index in [0.29, 0.717) is 12.8 Å². The van der Waals surface area contributed by atoms with Gasteiger partial charge < -0.3 is 14.6 Å². The van der Waals surface area contributed by atoms with E-state index in [1.807, 2.05) is 0 Å². The molecule has 152 valence electrons. The Kier molecular flexibility index (Phi) is 14.9. The Morgan fingerprint density at radius 1 is 0.731 bits per heavy atom. The van der Waals surface area contributed by atoms with Crippen LogP contribution < -0.4 is 0 Å². The minimum atomic E-state index is -1.81. The summed E-state index contributed by atoms with van der Waals surface area (Å²) in [6.45, 7) is 5.75. The molecule has 0 rings (SSSR count). The first-order valence-electron chi connectivity index (χ1n) is 9.97. The number of unbranched alkanes of at least 4 members (excludes halogenated alkanes) is 8. The van der Waals surface area contributed by atoms with E-state index in [0.717, 1.165) is 58.3 Å². The second-order valence-electron chi connectivity index (χ2n) is 6.70. The van der Waals surface area contributed by atoms with Gasteiger partial charge in [-0.15, -0.1) is 0 Å². The minimum absolute atomic E-state index is 0.177. The molecule has 0 aromatic heterocycles. The maximum absolute atomic E-state index is 12.1. The average molecular weight is 373 g/mol. The van der Waals surface area contributed by atoms with Crippen molar-refractivity contribution in [2.45, 2.75) is 91.1 Å². The van der Waals surface area contributed by atoms with E-state index in [1.54, 1.807) is 0 Å². The fourth-order valence-electron chi connectivity index (χ4n) is 2.59. The Hall–Kier alpha value is -1.43. The first kappa shape index (κ1) is 24.6. The maximum Gasteiger partial charge on any atom is 0.336 e. The summed E-state index contributed by atoms with van der Waals surface area (Å²) in [5.41, 5.74) is 0. The van der Waals surface area contributed by atoms with Gasteiger partial charge in [0.2, 0.25) is 0 Å². The van der Waals surface area contributed by atoms with E-state index in [4.69, 9.17) is 9.47 Å². The van der Waals surface area contributed by atoms with Gasteiger partial charge in [-0.2, -0.15) is 0 Å². The van der Waals surface area contributed by atoms with Crippen molar-refractivity contribution in [1.29, 1.82) is 0 Å². The molecule has 1 N–H and O–H groups in total. The molecule has 26 heavy (non-hydrogen) atoms. The summed E-state index contributed by atoms with van der Waals surface area (Å²) in [6.07, 6.45) is 8.12. The van der Waals surface area contributed by atoms with E-state index in [-0.39, 0.29) is 13.2 Å². The number of aliphatic hydroxyl groups excluding tert-OH is 1. The van der Waals surface area contributed by atoms with Gasteiger partial charge in [-0.3, -0.25) is 9.59 Å². The van der Waals surface area contributed by atoms with Crippen LogP contribution in [0.2, 0.25) is 0 Å². The first-order valence-corrected chi connectivity index (χ1v) is 9.97. The molecule has 0 aliphatic heterocycles. The Morgan fingerprint density at radius 2 is 1.15 bits per heavy atom. The van der Waals surface area contributed by atoms with Gasteiger partial charge in [0, 0.05) is 0 Å². The van der Waals surface area contributed by atoms with Gasteiger partial charge in [-0.25, -0.2) is 4.79 Å². The molecule has 2 atom stereocenters. The number of rotatable bonds is 16. The van der Waals surface area contributed by atoms with Gasteiger partial charge in [0.05, 0.1) is 13.2 Å². The standard InChI is InChI=1S/C20H36O6/c1-4-6-8-10-12-14-25-19(23)17(16(3)21)18(22)20(24)26-15-13-11-9-7-5-2/h17-18,22H,4-15H2,1-3H3. The molecule has 0 aromatic rings. The van der Waals surface area contributed by atoms with Crippen LogP contribution in [-0.4, -0.2) is 42.1 Å². The molecule has 0 saturated heterocycles. The Balaban J connectivity index is 4.24. The number of aliphatic hydroxyl groups is 1. The third-order valence-corrected chi connectivity index (χ3v) is 4.23. The van der Waals surface area contributed by atoms with Crippen LogP contribution >= 0.6 is 0 Å². The second kappa shape index (κ2) is 15.8. The van der Waals surface area contributed by atoms with E-state index in [1.165, 1.54) is 0 Å². The monoisotopic (exact) mass is 372 g/mol. The van der Waals surface area contributed by atoms with E-state index >= 15 is 0 Å². The van der Waals surface area contributed by atoms with Crippen LogP contribution in [0.3, 0.4) is 0 Å². The lowest BCUT2D eigenvalue weighted by molar-refractivity contribution is -0.169. The van der Waals surface area contributed by atoms with E-state index in [9.17, 15) is 19.5 Å². The summed E-state index contributed by atoms with van der Waals surface area (Å²) in [5, 5.41) is 10.0. The Morgan fingerprint density at radius 3 is 1.58 bits per heavy atom. The summed E-state index contributed by atoms with van der Waals surface area (Å²) in [7, 11) is 0. The van der Waals surface area contributed by atoms with Crippen molar-refractivity contribution in [3.8, 4) is 0 Å². The van der Waals surface area contributed by atoms with Crippen molar-refractivity contribution in [2.75, 3.05) is 13.2 Å². The van der Waals surface area contributed by atoms with Gasteiger partial charge >= 0.3 is 11.9 Å². The smallest absolute Gasteiger partial charge is 0.336 e. The molecule has 6 heteroatoms. The fourth-order valence-corrected chi connectivity index (χ4v) is 2.59. The lowest BCUT2D eigenvalue weighted by atomic mass is 9.98. The molecule has 2 unspecified atom stereocenters. The lowest BCUT2D eigenvalue weighted by Crippen LogP contribution is -2.41. The number of Topliss-reactive ketones (excluding diaryl/α,β-unsaturated/α-hetero) is 1. The predicted molar refractivity (Wildman–Crippen MR) is 99.6 cm³/mol. The summed E-state index contributed by atoms with van der Waals surface area (Å²) >= 11 is 0. The number of esters is 2. The molecule has 0 fully saturated rings. The van der Waals surface area contributed by atoms with Crippen molar-refractivity contribution in [3.05, 3.63) is 0 Å². The molecule has 0 heterocycles. The summed E-state index contributed by atoms with van der Waals surface area (Å²) < 4.78 is 10.0. The third-order valence-electron chi connectivity index (χ3n) is 4.23. The lowest BCUT2D eigenvalue weighted by Gasteiger charge is -2.18. The van der Waals surface area contributed by atoms with Crippen LogP contribution in [0.25, 0.3) is 0 Å². The zero-order chi connectivity index (χ0) is 19.8. The maximum atomic E-state index is 12.1. The van der Waals surface area contributed by atoms with Crippen LogP contribution in [0.15, 0.2) is 0 Å². The van der Waals surface area contributed by atoms with Gasteiger partial charge in [0.15, 0.2) is 12.0 Å². The molecule has 0 radical (unpaired) electrons. The summed E-state index contributed by atoms with van der Waals surface area (Å²) in [6, 6.07) is 0. The molecule has 0 spiro atoms. The van der Waals surface area contributed by atoms with E-state index < -0.39 is 29.7 Å². The van der Waals surface area contributed by atoms with E-state index in [2.05, 4.69) is 13.8 Å². The van der Waals surface area contributed by atoms with Gasteiger partial charge in [-0.1, -0.05) is 65.2 Å². The summed E-state index contributed by atoms with van der Waals surface area (Å²) in [5.74, 6) is -3.92. The zero-order valence-corrected chi connectivity index (χ0v) is 16.6. The van der Waals surface area contributed by atoms with Crippen LogP contribution in [0.4, 0.5) is 0 Å². The molecule has 0 amide bonds. The molecule has 0 aliphatic rings. The molecule has 0 bridgehead atoms. The highest BCUT2D eigenvalue weighted by Gasteiger charge is 2.38. The molecular weight excluding hydrogens is 336 g/mol. The van der Waals surface area contributed by atoms with Crippen molar-refractivity contribution in [1.82, 2.24) is 0 Å². The van der Waals surface area contributed by atoms with Crippen molar-refractivity contribution in [3.63, 3.8) is 0 Å². The molecular formula is C20H36O6. The van der Waals surface area contributed by atoms with Crippen LogP contribution in [0, 0.1) is 5.92 Å². The van der Waals surface area contributed by atoms with Gasteiger partial charge in [0.25, 0.3) is 0 Å². The highest BCUT2D eigenvalue weighted by molar-refractivity contribution is 6.02. The number of carbonyl (C=O) groups excluding carboxylic acids is 3. The topological polar surface area (TPSA) is 89.9 Å². The predicted octanol–water partition coefficient (Wildman–Crippen LogP) is 3.58. The number of carbonyl (C=O) groups is 3. The molecule has 0 aromatic carbocycles. The highest BCUT2D eigenvalue weighted by atomic mass is 16.6. The Labute approximate surface area is 157 Å². The highest BCUT2D eigenvalue weighted by Crippen LogP contribution is 2.12. The van der Waals surface area contributed by atoms with Gasteiger partial charge in [-0.05, 0) is 19.8 Å². The third kappa shape index (κ3) is 11.2. The molecule has 0 aliphatic carbocycles. The normalized spacial score (nSPS) is 13.1. The summed E-state index contributed by atoms with van der Waals surface area (Å²) in [4.78, 5) is 35.6. The van der Waals surface area contributed by atoms with Crippen molar-refractivity contribution >= 4 is 17.7 Å². The number of ether oxygens (including phenoxy) is 2. The Bertz CT molecular complexity index is 407. The van der Waals surface area contributed by atoms with Crippen molar-refractivity contribution < 1.29 is 29.0 Å². The average Bonchev–Trinajstić information content (AvgIpc) is 2.60. The van der Waals surface area contributed by atoms with Crippen LogP contribution in [-0.2, 0) is 23.9 Å². The number of hydrogen-bond acceptors (Lipinski definition) is 6. The van der Waals surface area contributed by atoms with Crippen LogP contribution in [0.1, 0.15) is 85.0 Å².